The van der Waals surface area contributed by atoms with Gasteiger partial charge in [-0.25, -0.2) is 0 Å². The molecule has 4 rings (SSSR count). The fraction of sp³-hybridized carbons (Fsp3) is 0.348. The molecular formula is C23H28N4O. The molecule has 0 radical (unpaired) electrons. The molecule has 1 aliphatic heterocycles. The van der Waals surface area contributed by atoms with Crippen LogP contribution in [-0.2, 0) is 0 Å². The van der Waals surface area contributed by atoms with Gasteiger partial charge in [-0.05, 0) is 74.8 Å². The Kier molecular flexibility index (Phi) is 4.85. The van der Waals surface area contributed by atoms with Gasteiger partial charge in [-0.1, -0.05) is 6.07 Å². The molecule has 3 aromatic rings. The first-order valence-electron chi connectivity index (χ1n) is 9.86. The van der Waals surface area contributed by atoms with Crippen LogP contribution in [0.1, 0.15) is 27.2 Å². The van der Waals surface area contributed by atoms with Gasteiger partial charge in [-0.3, -0.25) is 4.79 Å². The Balaban J connectivity index is 1.52. The lowest BCUT2D eigenvalue weighted by Crippen LogP contribution is -2.44. The van der Waals surface area contributed by atoms with Crippen molar-refractivity contribution in [1.82, 2.24) is 9.88 Å². The highest BCUT2D eigenvalue weighted by atomic mass is 16.1. The van der Waals surface area contributed by atoms with E-state index in [2.05, 4.69) is 65.3 Å². The van der Waals surface area contributed by atoms with Gasteiger partial charge < -0.3 is 20.1 Å². The van der Waals surface area contributed by atoms with E-state index in [-0.39, 0.29) is 5.91 Å². The van der Waals surface area contributed by atoms with E-state index in [0.717, 1.165) is 48.3 Å². The minimum atomic E-state index is -0.108. The van der Waals surface area contributed by atoms with Crippen molar-refractivity contribution in [3.63, 3.8) is 0 Å². The monoisotopic (exact) mass is 376 g/mol. The second-order valence-corrected chi connectivity index (χ2v) is 7.97. The number of hydrogen-bond donors (Lipinski definition) is 2. The third-order valence-electron chi connectivity index (χ3n) is 5.66. The van der Waals surface area contributed by atoms with Gasteiger partial charge in [0.05, 0.1) is 0 Å². The van der Waals surface area contributed by atoms with Gasteiger partial charge in [0.2, 0.25) is 0 Å². The van der Waals surface area contributed by atoms with Crippen molar-refractivity contribution in [1.29, 1.82) is 0 Å². The zero-order chi connectivity index (χ0) is 19.8. The molecule has 0 aliphatic carbocycles. The number of rotatable bonds is 3. The molecule has 2 N–H and O–H groups in total. The SMILES string of the molecule is Cc1cc(C)c2cc(C(=O)Nc3ccc(N4CCN(C)CC4)cc3C)[nH]c2c1. The molecule has 1 fully saturated rings. The maximum Gasteiger partial charge on any atom is 0.272 e. The van der Waals surface area contributed by atoms with Crippen LogP contribution in [0.3, 0.4) is 0 Å². The van der Waals surface area contributed by atoms with E-state index in [9.17, 15) is 4.79 Å². The molecule has 1 aromatic heterocycles. The Morgan fingerprint density at radius 3 is 2.43 bits per heavy atom. The average Bonchev–Trinajstić information content (AvgIpc) is 3.08. The largest absolute Gasteiger partial charge is 0.369 e. The molecular weight excluding hydrogens is 348 g/mol. The van der Waals surface area contributed by atoms with Crippen LogP contribution in [0.25, 0.3) is 10.9 Å². The summed E-state index contributed by atoms with van der Waals surface area (Å²) >= 11 is 0. The summed E-state index contributed by atoms with van der Waals surface area (Å²) in [6.45, 7) is 10.4. The van der Waals surface area contributed by atoms with Crippen molar-refractivity contribution < 1.29 is 4.79 Å². The van der Waals surface area contributed by atoms with Gasteiger partial charge in [0.15, 0.2) is 0 Å². The van der Waals surface area contributed by atoms with Crippen molar-refractivity contribution in [2.45, 2.75) is 20.8 Å². The molecule has 1 saturated heterocycles. The highest BCUT2D eigenvalue weighted by molar-refractivity contribution is 6.06. The number of fused-ring (bicyclic) bond motifs is 1. The Hall–Kier alpha value is -2.79. The Bertz CT molecular complexity index is 1030. The van der Waals surface area contributed by atoms with Crippen molar-refractivity contribution in [3.05, 3.63) is 58.8 Å². The van der Waals surface area contributed by atoms with Crippen molar-refractivity contribution >= 4 is 28.2 Å². The molecule has 0 spiro atoms. The Labute approximate surface area is 166 Å². The van der Waals surface area contributed by atoms with E-state index >= 15 is 0 Å². The number of nitrogens with one attached hydrogen (secondary N) is 2. The highest BCUT2D eigenvalue weighted by Crippen LogP contribution is 2.25. The number of anilines is 2. The minimum absolute atomic E-state index is 0.108. The zero-order valence-electron chi connectivity index (χ0n) is 17.1. The number of likely N-dealkylation sites (N-methyl/N-ethyl adjacent to an activating group) is 1. The third-order valence-corrected chi connectivity index (χ3v) is 5.66. The highest BCUT2D eigenvalue weighted by Gasteiger charge is 2.16. The van der Waals surface area contributed by atoms with Gasteiger partial charge in [0.25, 0.3) is 5.91 Å². The number of nitrogens with zero attached hydrogens (tertiary/aromatic N) is 2. The molecule has 1 aliphatic rings. The van der Waals surface area contributed by atoms with E-state index in [4.69, 9.17) is 0 Å². The smallest absolute Gasteiger partial charge is 0.272 e. The predicted octanol–water partition coefficient (Wildman–Crippen LogP) is 4.10. The van der Waals surface area contributed by atoms with Crippen LogP contribution in [0.5, 0.6) is 0 Å². The molecule has 28 heavy (non-hydrogen) atoms. The molecule has 0 bridgehead atoms. The summed E-state index contributed by atoms with van der Waals surface area (Å²) < 4.78 is 0. The number of carbonyl (C=O) groups excluding carboxylic acids is 1. The second-order valence-electron chi connectivity index (χ2n) is 7.97. The topological polar surface area (TPSA) is 51.4 Å². The van der Waals surface area contributed by atoms with Gasteiger partial charge in [-0.2, -0.15) is 0 Å². The number of aromatic nitrogens is 1. The van der Waals surface area contributed by atoms with Crippen molar-refractivity contribution in [2.75, 3.05) is 43.4 Å². The summed E-state index contributed by atoms with van der Waals surface area (Å²) in [5.41, 5.74) is 7.12. The quantitative estimate of drug-likeness (QED) is 0.724. The number of hydrogen-bond acceptors (Lipinski definition) is 3. The number of benzene rings is 2. The number of piperazine rings is 1. The molecule has 146 valence electrons. The number of carbonyl (C=O) groups is 1. The molecule has 5 heteroatoms. The zero-order valence-corrected chi connectivity index (χ0v) is 17.1. The molecule has 0 unspecified atom stereocenters. The van der Waals surface area contributed by atoms with Crippen LogP contribution in [0, 0.1) is 20.8 Å². The van der Waals surface area contributed by atoms with Crippen molar-refractivity contribution in [3.8, 4) is 0 Å². The number of aryl methyl sites for hydroxylation is 3. The van der Waals surface area contributed by atoms with Crippen LogP contribution in [0.15, 0.2) is 36.4 Å². The first-order chi connectivity index (χ1) is 13.4. The van der Waals surface area contributed by atoms with Crippen molar-refractivity contribution in [2.24, 2.45) is 0 Å². The van der Waals surface area contributed by atoms with Crippen LogP contribution in [0.2, 0.25) is 0 Å². The molecule has 2 heterocycles. The van der Waals surface area contributed by atoms with Crippen LogP contribution in [0.4, 0.5) is 11.4 Å². The van der Waals surface area contributed by atoms with E-state index in [0.29, 0.717) is 5.69 Å². The van der Waals surface area contributed by atoms with E-state index in [1.54, 1.807) is 0 Å². The summed E-state index contributed by atoms with van der Waals surface area (Å²) in [6.07, 6.45) is 0. The lowest BCUT2D eigenvalue weighted by atomic mass is 10.1. The lowest BCUT2D eigenvalue weighted by molar-refractivity contribution is 0.102. The first-order valence-corrected chi connectivity index (χ1v) is 9.86. The molecule has 5 nitrogen and oxygen atoms in total. The summed E-state index contributed by atoms with van der Waals surface area (Å²) in [7, 11) is 2.16. The standard InChI is InChI=1S/C23H28N4O/c1-15-11-16(2)19-14-22(24-21(19)12-15)23(28)25-20-6-5-18(13-17(20)3)27-9-7-26(4)8-10-27/h5-6,11-14,24H,7-10H2,1-4H3,(H,25,28). The fourth-order valence-corrected chi connectivity index (χ4v) is 3.96. The normalized spacial score (nSPS) is 15.2. The van der Waals surface area contributed by atoms with Crippen LogP contribution < -0.4 is 10.2 Å². The maximum atomic E-state index is 12.8. The Morgan fingerprint density at radius 1 is 0.964 bits per heavy atom. The fourth-order valence-electron chi connectivity index (χ4n) is 3.96. The maximum absolute atomic E-state index is 12.8. The third kappa shape index (κ3) is 3.62. The molecule has 0 saturated carbocycles. The summed E-state index contributed by atoms with van der Waals surface area (Å²) in [5, 5.41) is 4.16. The number of amides is 1. The average molecular weight is 377 g/mol. The molecule has 0 atom stereocenters. The van der Waals surface area contributed by atoms with Crippen LogP contribution in [-0.4, -0.2) is 49.0 Å². The van der Waals surface area contributed by atoms with E-state index < -0.39 is 0 Å². The summed E-state index contributed by atoms with van der Waals surface area (Å²) in [5.74, 6) is -0.108. The van der Waals surface area contributed by atoms with Gasteiger partial charge in [-0.15, -0.1) is 0 Å². The second kappa shape index (κ2) is 7.32. The Morgan fingerprint density at radius 2 is 1.71 bits per heavy atom. The van der Waals surface area contributed by atoms with Gasteiger partial charge >= 0.3 is 0 Å². The van der Waals surface area contributed by atoms with E-state index in [1.165, 1.54) is 16.8 Å². The van der Waals surface area contributed by atoms with Crippen LogP contribution >= 0.6 is 0 Å². The summed E-state index contributed by atoms with van der Waals surface area (Å²) in [6, 6.07) is 12.4. The number of aromatic amines is 1. The van der Waals surface area contributed by atoms with Gasteiger partial charge in [0, 0.05) is 48.5 Å². The predicted molar refractivity (Wildman–Crippen MR) is 117 cm³/mol. The molecule has 1 amide bonds. The first kappa shape index (κ1) is 18.6. The van der Waals surface area contributed by atoms with Gasteiger partial charge in [0.1, 0.15) is 5.69 Å². The van der Waals surface area contributed by atoms with E-state index in [1.807, 2.05) is 19.1 Å². The molecule has 2 aromatic carbocycles. The lowest BCUT2D eigenvalue weighted by Gasteiger charge is -2.34. The summed E-state index contributed by atoms with van der Waals surface area (Å²) in [4.78, 5) is 20.8. The number of H-pyrrole nitrogens is 1. The minimum Gasteiger partial charge on any atom is -0.369 e.